The van der Waals surface area contributed by atoms with E-state index in [0.717, 1.165) is 37.0 Å². The molecule has 8 nitrogen and oxygen atoms in total. The van der Waals surface area contributed by atoms with Crippen LogP contribution in [0.25, 0.3) is 0 Å². The average molecular weight is 483 g/mol. The summed E-state index contributed by atoms with van der Waals surface area (Å²) < 4.78 is 38.4. The van der Waals surface area contributed by atoms with Gasteiger partial charge in [-0.3, -0.25) is 9.59 Å². The largest absolute Gasteiger partial charge is 0.486 e. The lowest BCUT2D eigenvalue weighted by atomic mass is 9.71. The number of benzene rings is 2. The summed E-state index contributed by atoms with van der Waals surface area (Å²) in [4.78, 5) is 28.2. The van der Waals surface area contributed by atoms with Crippen molar-refractivity contribution in [2.24, 2.45) is 0 Å². The number of hydrogen-bond donors (Lipinski definition) is 0. The van der Waals surface area contributed by atoms with Gasteiger partial charge in [-0.05, 0) is 55.2 Å². The lowest BCUT2D eigenvalue weighted by Crippen LogP contribution is -2.51. The first-order chi connectivity index (χ1) is 16.3. The predicted molar refractivity (Wildman–Crippen MR) is 122 cm³/mol. The number of rotatable bonds is 2. The molecule has 1 spiro atoms. The van der Waals surface area contributed by atoms with Gasteiger partial charge in [-0.25, -0.2) is 12.7 Å². The maximum Gasteiger partial charge on any atom is 0.269 e. The van der Waals surface area contributed by atoms with Crippen molar-refractivity contribution in [3.8, 4) is 11.5 Å². The molecule has 9 heteroatoms. The minimum absolute atomic E-state index is 0.0409. The highest BCUT2D eigenvalue weighted by molar-refractivity contribution is 7.90. The molecule has 0 aromatic heterocycles. The van der Waals surface area contributed by atoms with E-state index in [0.29, 0.717) is 29.8 Å². The van der Waals surface area contributed by atoms with Crippen molar-refractivity contribution >= 4 is 21.8 Å². The van der Waals surface area contributed by atoms with Gasteiger partial charge in [0, 0.05) is 12.0 Å². The number of carbonyl (C=O) groups is 2. The number of sulfonamides is 1. The normalized spacial score (nSPS) is 23.7. The Morgan fingerprint density at radius 2 is 1.76 bits per heavy atom. The van der Waals surface area contributed by atoms with Crippen molar-refractivity contribution in [3.63, 3.8) is 0 Å². The van der Waals surface area contributed by atoms with Gasteiger partial charge < -0.3 is 14.4 Å². The smallest absolute Gasteiger partial charge is 0.269 e. The highest BCUT2D eigenvalue weighted by atomic mass is 32.2. The molecule has 1 aliphatic carbocycles. The van der Waals surface area contributed by atoms with E-state index in [2.05, 4.69) is 6.07 Å². The molecular weight excluding hydrogens is 456 g/mol. The average Bonchev–Trinajstić information content (AvgIpc) is 3.39. The summed E-state index contributed by atoms with van der Waals surface area (Å²) in [5.74, 6) is 0.398. The number of fused-ring (bicyclic) bond motifs is 4. The molecule has 1 fully saturated rings. The van der Waals surface area contributed by atoms with Gasteiger partial charge in [0.05, 0.1) is 11.6 Å². The summed E-state index contributed by atoms with van der Waals surface area (Å²) >= 11 is 0. The Kier molecular flexibility index (Phi) is 4.71. The Morgan fingerprint density at radius 3 is 2.47 bits per heavy atom. The van der Waals surface area contributed by atoms with Crippen molar-refractivity contribution in [2.75, 3.05) is 26.3 Å². The summed E-state index contributed by atoms with van der Waals surface area (Å²) in [6, 6.07) is 9.86. The Hall–Kier alpha value is -3.07. The maximum atomic E-state index is 13.6. The maximum absolute atomic E-state index is 13.6. The highest BCUT2D eigenvalue weighted by Crippen LogP contribution is 2.52. The third kappa shape index (κ3) is 2.99. The summed E-state index contributed by atoms with van der Waals surface area (Å²) in [7, 11) is -4.05. The van der Waals surface area contributed by atoms with Crippen LogP contribution in [0.5, 0.6) is 11.5 Å². The van der Waals surface area contributed by atoms with Crippen molar-refractivity contribution in [3.05, 3.63) is 53.1 Å². The summed E-state index contributed by atoms with van der Waals surface area (Å²) in [5.41, 5.74) is 2.11. The van der Waals surface area contributed by atoms with Crippen LogP contribution in [0.15, 0.2) is 41.3 Å². The van der Waals surface area contributed by atoms with Gasteiger partial charge >= 0.3 is 0 Å². The quantitative estimate of drug-likeness (QED) is 0.653. The van der Waals surface area contributed by atoms with Gasteiger partial charge in [-0.15, -0.1) is 0 Å². The number of ether oxygens (including phenoxy) is 2. The molecule has 2 aromatic rings. The zero-order chi connectivity index (χ0) is 23.7. The molecule has 6 rings (SSSR count). The number of hydrogen-bond acceptors (Lipinski definition) is 6. The van der Waals surface area contributed by atoms with Crippen LogP contribution in [0.4, 0.5) is 0 Å². The fraction of sp³-hybridized carbons (Fsp3) is 0.440. The molecular formula is C25H26N2O6S. The molecule has 0 radical (unpaired) electrons. The second-order valence-electron chi connectivity index (χ2n) is 9.58. The Labute approximate surface area is 198 Å². The molecule has 0 N–H and O–H groups in total. The molecule has 0 bridgehead atoms. The van der Waals surface area contributed by atoms with E-state index >= 15 is 0 Å². The van der Waals surface area contributed by atoms with Crippen LogP contribution in [0.3, 0.4) is 0 Å². The van der Waals surface area contributed by atoms with E-state index in [1.165, 1.54) is 17.7 Å². The van der Waals surface area contributed by atoms with E-state index in [1.54, 1.807) is 17.0 Å². The summed E-state index contributed by atoms with van der Waals surface area (Å²) in [6.07, 6.45) is 4.03. The molecule has 34 heavy (non-hydrogen) atoms. The Bertz CT molecular complexity index is 1310. The van der Waals surface area contributed by atoms with Crippen molar-refractivity contribution in [1.29, 1.82) is 0 Å². The van der Waals surface area contributed by atoms with E-state index in [4.69, 9.17) is 9.47 Å². The lowest BCUT2D eigenvalue weighted by Gasteiger charge is -2.46. The van der Waals surface area contributed by atoms with E-state index < -0.39 is 22.5 Å². The van der Waals surface area contributed by atoms with Gasteiger partial charge in [0.2, 0.25) is 5.91 Å². The van der Waals surface area contributed by atoms with Gasteiger partial charge in [0.15, 0.2) is 11.5 Å². The van der Waals surface area contributed by atoms with Gasteiger partial charge in [0.25, 0.3) is 15.9 Å². The summed E-state index contributed by atoms with van der Waals surface area (Å²) in [6.45, 7) is 2.93. The first kappa shape index (κ1) is 21.5. The summed E-state index contributed by atoms with van der Waals surface area (Å²) in [5, 5.41) is 0. The Morgan fingerprint density at radius 1 is 1.09 bits per heavy atom. The fourth-order valence-electron chi connectivity index (χ4n) is 6.01. The molecule has 1 atom stereocenters. The second kappa shape index (κ2) is 7.46. The van der Waals surface area contributed by atoms with E-state index in [-0.39, 0.29) is 27.8 Å². The van der Waals surface area contributed by atoms with E-state index in [1.807, 2.05) is 13.0 Å². The van der Waals surface area contributed by atoms with Gasteiger partial charge in [0.1, 0.15) is 24.7 Å². The SMILES string of the molecule is C[C@H]1c2cc3c(cc2C2(CCCC2)CN1C(=O)CN1C(=O)c2ccccc2S1(=O)=O)OCCO3. The van der Waals surface area contributed by atoms with Crippen LogP contribution >= 0.6 is 0 Å². The second-order valence-corrected chi connectivity index (χ2v) is 11.4. The standard InChI is InChI=1S/C25H26N2O6S/c1-16-18-12-20-21(33-11-10-32-20)13-19(18)25(8-4-5-9-25)15-26(16)23(28)14-27-24(29)17-6-2-3-7-22(17)34(27,30)31/h2-3,6-7,12-13,16H,4-5,8-11,14-15H2,1H3/t16-/m0/s1. The molecule has 2 aromatic carbocycles. The molecule has 1 saturated carbocycles. The molecule has 0 saturated heterocycles. The molecule has 3 aliphatic heterocycles. The molecule has 178 valence electrons. The van der Waals surface area contributed by atoms with Crippen LogP contribution in [0.2, 0.25) is 0 Å². The van der Waals surface area contributed by atoms with Crippen molar-refractivity contribution in [2.45, 2.75) is 49.0 Å². The topological polar surface area (TPSA) is 93.2 Å². The van der Waals surface area contributed by atoms with Crippen LogP contribution < -0.4 is 9.47 Å². The van der Waals surface area contributed by atoms with E-state index in [9.17, 15) is 18.0 Å². The molecule has 0 unspecified atom stereocenters. The third-order valence-electron chi connectivity index (χ3n) is 7.75. The number of amides is 2. The van der Waals surface area contributed by atoms with Crippen LogP contribution in [0.1, 0.15) is 60.1 Å². The van der Waals surface area contributed by atoms with Gasteiger partial charge in [-0.1, -0.05) is 25.0 Å². The minimum atomic E-state index is -4.05. The minimum Gasteiger partial charge on any atom is -0.486 e. The zero-order valence-corrected chi connectivity index (χ0v) is 19.8. The monoisotopic (exact) mass is 482 g/mol. The number of nitrogens with zero attached hydrogens (tertiary/aromatic N) is 2. The first-order valence-electron chi connectivity index (χ1n) is 11.7. The molecule has 4 aliphatic rings. The first-order valence-corrected chi connectivity index (χ1v) is 13.2. The molecule has 3 heterocycles. The van der Waals surface area contributed by atoms with Crippen molar-refractivity contribution in [1.82, 2.24) is 9.21 Å². The van der Waals surface area contributed by atoms with Gasteiger partial charge in [-0.2, -0.15) is 0 Å². The zero-order valence-electron chi connectivity index (χ0n) is 19.0. The lowest BCUT2D eigenvalue weighted by molar-refractivity contribution is -0.135. The van der Waals surface area contributed by atoms with Crippen LogP contribution in [-0.4, -0.2) is 55.7 Å². The Balaban J connectivity index is 1.35. The van der Waals surface area contributed by atoms with Crippen molar-refractivity contribution < 1.29 is 27.5 Å². The number of carbonyl (C=O) groups excluding carboxylic acids is 2. The fourth-order valence-corrected chi connectivity index (χ4v) is 7.53. The van der Waals surface area contributed by atoms with Crippen LogP contribution in [-0.2, 0) is 20.2 Å². The van der Waals surface area contributed by atoms with Crippen LogP contribution in [0, 0.1) is 0 Å². The molecule has 2 amide bonds. The predicted octanol–water partition coefficient (Wildman–Crippen LogP) is 3.02. The third-order valence-corrected chi connectivity index (χ3v) is 9.54. The highest BCUT2D eigenvalue weighted by Gasteiger charge is 2.48.